The molecule has 1 unspecified atom stereocenters. The summed E-state index contributed by atoms with van der Waals surface area (Å²) in [6.07, 6.45) is 8.13. The fourth-order valence-corrected chi connectivity index (χ4v) is 3.08. The number of hydrogen-bond donors (Lipinski definition) is 0. The summed E-state index contributed by atoms with van der Waals surface area (Å²) in [6, 6.07) is 6.34. The van der Waals surface area contributed by atoms with E-state index in [0.29, 0.717) is 5.92 Å². The molecule has 0 N–H and O–H groups in total. The molecule has 124 valence electrons. The van der Waals surface area contributed by atoms with E-state index in [9.17, 15) is 0 Å². The topological polar surface area (TPSA) is 39.9 Å². The molecule has 1 saturated carbocycles. The predicted molar refractivity (Wildman–Crippen MR) is 93.4 cm³/mol. The van der Waals surface area contributed by atoms with Crippen LogP contribution >= 0.6 is 0 Å². The highest BCUT2D eigenvalue weighted by atomic mass is 16.5. The molecule has 2 aromatic rings. The van der Waals surface area contributed by atoms with E-state index in [4.69, 9.17) is 4.74 Å². The third-order valence-electron chi connectivity index (χ3n) is 4.68. The lowest BCUT2D eigenvalue weighted by atomic mass is 10.0. The van der Waals surface area contributed by atoms with Crippen LogP contribution in [0.2, 0.25) is 0 Å². The number of ether oxygens (including phenoxy) is 1. The molecule has 0 bridgehead atoms. The van der Waals surface area contributed by atoms with Gasteiger partial charge in [-0.25, -0.2) is 0 Å². The Bertz CT molecular complexity index is 774. The highest BCUT2D eigenvalue weighted by Crippen LogP contribution is 2.28. The van der Waals surface area contributed by atoms with E-state index in [1.165, 1.54) is 31.2 Å². The van der Waals surface area contributed by atoms with Crippen molar-refractivity contribution in [1.29, 1.82) is 0 Å². The van der Waals surface area contributed by atoms with Crippen molar-refractivity contribution in [3.63, 3.8) is 0 Å². The van der Waals surface area contributed by atoms with Crippen molar-refractivity contribution in [2.24, 2.45) is 5.92 Å². The number of aryl methyl sites for hydroxylation is 1. The molecule has 1 aliphatic carbocycles. The molecule has 0 amide bonds. The molecule has 1 saturated heterocycles. The molecule has 4 rings (SSSR count). The minimum absolute atomic E-state index is 0.250. The van der Waals surface area contributed by atoms with Crippen molar-refractivity contribution < 1.29 is 4.74 Å². The Labute approximate surface area is 143 Å². The zero-order valence-electron chi connectivity index (χ0n) is 14.2. The number of aromatic nitrogens is 3. The van der Waals surface area contributed by atoms with Crippen molar-refractivity contribution in [2.45, 2.75) is 51.7 Å². The summed E-state index contributed by atoms with van der Waals surface area (Å²) < 4.78 is 5.77. The average molecular weight is 321 g/mol. The Morgan fingerprint density at radius 1 is 1.25 bits per heavy atom. The van der Waals surface area contributed by atoms with Crippen molar-refractivity contribution in [3.8, 4) is 23.1 Å². The quantitative estimate of drug-likeness (QED) is 0.811. The summed E-state index contributed by atoms with van der Waals surface area (Å²) in [5.41, 5.74) is 4.33. The fourth-order valence-electron chi connectivity index (χ4n) is 3.08. The van der Waals surface area contributed by atoms with Gasteiger partial charge in [0.2, 0.25) is 0 Å². The van der Waals surface area contributed by atoms with Crippen LogP contribution in [-0.2, 0) is 11.3 Å². The Hall–Kier alpha value is -2.12. The highest BCUT2D eigenvalue weighted by Gasteiger charge is 2.18. The van der Waals surface area contributed by atoms with Gasteiger partial charge in [-0.15, -0.1) is 0 Å². The molecular formula is C20H23N3O. The van der Waals surface area contributed by atoms with Gasteiger partial charge < -0.3 is 4.74 Å². The third kappa shape index (κ3) is 3.68. The summed E-state index contributed by atoms with van der Waals surface area (Å²) in [5.74, 6) is 7.22. The molecular weight excluding hydrogens is 298 g/mol. The molecule has 2 fully saturated rings. The van der Waals surface area contributed by atoms with Gasteiger partial charge >= 0.3 is 0 Å². The lowest BCUT2D eigenvalue weighted by Gasteiger charge is -2.21. The van der Waals surface area contributed by atoms with Crippen LogP contribution in [0.4, 0.5) is 0 Å². The monoisotopic (exact) mass is 321 g/mol. The largest absolute Gasteiger partial charge is 0.376 e. The van der Waals surface area contributed by atoms with Crippen LogP contribution in [0.25, 0.3) is 11.3 Å². The highest BCUT2D eigenvalue weighted by molar-refractivity contribution is 5.64. The first-order valence-electron chi connectivity index (χ1n) is 8.92. The van der Waals surface area contributed by atoms with E-state index < -0.39 is 0 Å². The van der Waals surface area contributed by atoms with Gasteiger partial charge in [-0.2, -0.15) is 15.0 Å². The molecule has 1 aliphatic heterocycles. The summed E-state index contributed by atoms with van der Waals surface area (Å²) >= 11 is 0. The van der Waals surface area contributed by atoms with Gasteiger partial charge in [0.1, 0.15) is 5.69 Å². The first kappa shape index (κ1) is 15.4. The lowest BCUT2D eigenvalue weighted by Crippen LogP contribution is -2.25. The van der Waals surface area contributed by atoms with Gasteiger partial charge in [0, 0.05) is 23.7 Å². The Morgan fingerprint density at radius 2 is 2.17 bits per heavy atom. The number of benzene rings is 1. The van der Waals surface area contributed by atoms with Crippen LogP contribution in [0.1, 0.15) is 43.2 Å². The van der Waals surface area contributed by atoms with E-state index in [1.807, 2.05) is 6.20 Å². The standard InChI is InChI=1S/C20H23N3O/c1-15-12-17(8-7-16-5-6-16)9-10-19(15)20-13-21-23(22-20)14-18-4-2-3-11-24-18/h9-10,12-13,16,18H,2-6,11,14H2,1H3. The molecule has 0 radical (unpaired) electrons. The number of hydrogen-bond acceptors (Lipinski definition) is 3. The molecule has 1 aromatic heterocycles. The Morgan fingerprint density at radius 3 is 2.92 bits per heavy atom. The van der Waals surface area contributed by atoms with E-state index >= 15 is 0 Å². The lowest BCUT2D eigenvalue weighted by molar-refractivity contribution is 0.00162. The van der Waals surface area contributed by atoms with Crippen molar-refractivity contribution in [1.82, 2.24) is 15.0 Å². The zero-order chi connectivity index (χ0) is 16.4. The van der Waals surface area contributed by atoms with E-state index in [0.717, 1.165) is 36.4 Å². The summed E-state index contributed by atoms with van der Waals surface area (Å²) in [4.78, 5) is 1.77. The first-order chi connectivity index (χ1) is 11.8. The molecule has 2 aliphatic rings. The third-order valence-corrected chi connectivity index (χ3v) is 4.68. The van der Waals surface area contributed by atoms with Crippen LogP contribution in [0.15, 0.2) is 24.4 Å². The van der Waals surface area contributed by atoms with Crippen molar-refractivity contribution >= 4 is 0 Å². The molecule has 2 heterocycles. The molecule has 0 spiro atoms. The Kier molecular flexibility index (Phi) is 4.36. The van der Waals surface area contributed by atoms with Crippen LogP contribution in [0, 0.1) is 24.7 Å². The van der Waals surface area contributed by atoms with Crippen LogP contribution in [0.5, 0.6) is 0 Å². The summed E-state index contributed by atoms with van der Waals surface area (Å²) in [6.45, 7) is 3.71. The van der Waals surface area contributed by atoms with E-state index in [-0.39, 0.29) is 6.10 Å². The maximum Gasteiger partial charge on any atom is 0.113 e. The number of rotatable bonds is 3. The van der Waals surface area contributed by atoms with Crippen LogP contribution < -0.4 is 0 Å². The zero-order valence-corrected chi connectivity index (χ0v) is 14.2. The Balaban J connectivity index is 1.48. The first-order valence-corrected chi connectivity index (χ1v) is 8.92. The van der Waals surface area contributed by atoms with Gasteiger partial charge in [0.05, 0.1) is 18.8 Å². The predicted octanol–water partition coefficient (Wildman–Crippen LogP) is 3.58. The SMILES string of the molecule is Cc1cc(C#CC2CC2)ccc1-c1cnn(CC2CCCCO2)n1. The molecule has 1 aromatic carbocycles. The molecule has 4 nitrogen and oxygen atoms in total. The van der Waals surface area contributed by atoms with Gasteiger partial charge in [-0.05, 0) is 56.7 Å². The van der Waals surface area contributed by atoms with E-state index in [2.05, 4.69) is 47.2 Å². The minimum Gasteiger partial charge on any atom is -0.376 e. The maximum absolute atomic E-state index is 5.77. The van der Waals surface area contributed by atoms with Crippen LogP contribution in [0.3, 0.4) is 0 Å². The summed E-state index contributed by atoms with van der Waals surface area (Å²) in [5, 5.41) is 9.05. The van der Waals surface area contributed by atoms with Gasteiger partial charge in [0.25, 0.3) is 0 Å². The fraction of sp³-hybridized carbons (Fsp3) is 0.500. The molecule has 24 heavy (non-hydrogen) atoms. The normalized spacial score (nSPS) is 20.5. The van der Waals surface area contributed by atoms with Crippen molar-refractivity contribution in [2.75, 3.05) is 6.61 Å². The smallest absolute Gasteiger partial charge is 0.113 e. The van der Waals surface area contributed by atoms with Crippen LogP contribution in [-0.4, -0.2) is 27.7 Å². The van der Waals surface area contributed by atoms with Gasteiger partial charge in [-0.1, -0.05) is 17.9 Å². The van der Waals surface area contributed by atoms with Crippen molar-refractivity contribution in [3.05, 3.63) is 35.5 Å². The molecule has 4 heteroatoms. The minimum atomic E-state index is 0.250. The van der Waals surface area contributed by atoms with Gasteiger partial charge in [-0.3, -0.25) is 0 Å². The van der Waals surface area contributed by atoms with E-state index in [1.54, 1.807) is 4.80 Å². The van der Waals surface area contributed by atoms with Gasteiger partial charge in [0.15, 0.2) is 0 Å². The second-order valence-electron chi connectivity index (χ2n) is 6.85. The molecule has 1 atom stereocenters. The number of nitrogens with zero attached hydrogens (tertiary/aromatic N) is 3. The summed E-state index contributed by atoms with van der Waals surface area (Å²) in [7, 11) is 0. The second kappa shape index (κ2) is 6.78. The average Bonchev–Trinajstić information content (AvgIpc) is 3.32. The maximum atomic E-state index is 5.77. The second-order valence-corrected chi connectivity index (χ2v) is 6.85.